The fraction of sp³-hybridized carbons (Fsp3) is 0.143. The summed E-state index contributed by atoms with van der Waals surface area (Å²) in [7, 11) is 0. The Morgan fingerprint density at radius 3 is 2.55 bits per heavy atom. The van der Waals surface area contributed by atoms with Gasteiger partial charge in [0.2, 0.25) is 0 Å². The van der Waals surface area contributed by atoms with Crippen molar-refractivity contribution in [3.05, 3.63) is 56.3 Å². The first-order valence-electron chi connectivity index (χ1n) is 5.78. The van der Waals surface area contributed by atoms with E-state index in [1.165, 1.54) is 10.6 Å². The van der Waals surface area contributed by atoms with Gasteiger partial charge in [0, 0.05) is 6.54 Å². The van der Waals surface area contributed by atoms with Gasteiger partial charge in [-0.1, -0.05) is 29.3 Å². The Kier molecular flexibility index (Phi) is 4.46. The van der Waals surface area contributed by atoms with Crippen molar-refractivity contribution < 1.29 is 5.11 Å². The lowest BCUT2D eigenvalue weighted by Gasteiger charge is -2.12. The highest BCUT2D eigenvalue weighted by atomic mass is 35.5. The molecule has 0 radical (unpaired) electrons. The number of nitrogens with zero attached hydrogens (tertiary/aromatic N) is 2. The van der Waals surface area contributed by atoms with E-state index in [0.29, 0.717) is 21.3 Å². The fourth-order valence-electron chi connectivity index (χ4n) is 1.89. The number of halogens is 2. The van der Waals surface area contributed by atoms with Crippen LogP contribution in [-0.2, 0) is 6.54 Å². The lowest BCUT2D eigenvalue weighted by Crippen LogP contribution is -2.25. The van der Waals surface area contributed by atoms with Crippen LogP contribution in [0.25, 0.3) is 11.3 Å². The number of hydrogen-bond acceptors (Lipinski definition) is 3. The number of pyridine rings is 1. The topological polar surface area (TPSA) is 66.0 Å². The molecule has 0 spiro atoms. The summed E-state index contributed by atoms with van der Waals surface area (Å²) in [6, 6.07) is 9.92. The molecular formula is C14H10Cl2N2O2. The number of aliphatic hydroxyl groups is 1. The van der Waals surface area contributed by atoms with E-state index in [2.05, 4.69) is 0 Å². The number of hydrogen-bond donors (Lipinski definition) is 1. The molecule has 4 nitrogen and oxygen atoms in total. The summed E-state index contributed by atoms with van der Waals surface area (Å²) in [6.45, 7) is -0.104. The zero-order chi connectivity index (χ0) is 14.7. The summed E-state index contributed by atoms with van der Waals surface area (Å²) < 4.78 is 1.35. The van der Waals surface area contributed by atoms with Crippen LogP contribution in [0, 0.1) is 11.3 Å². The lowest BCUT2D eigenvalue weighted by molar-refractivity contribution is 0.275. The van der Waals surface area contributed by atoms with Gasteiger partial charge in [-0.3, -0.25) is 4.79 Å². The quantitative estimate of drug-likeness (QED) is 0.948. The second-order valence-electron chi connectivity index (χ2n) is 4.05. The number of aliphatic hydroxyl groups excluding tert-OH is 1. The van der Waals surface area contributed by atoms with E-state index >= 15 is 0 Å². The summed E-state index contributed by atoms with van der Waals surface area (Å²) in [5.41, 5.74) is 0.850. The van der Waals surface area contributed by atoms with Gasteiger partial charge in [0.15, 0.2) is 0 Å². The molecule has 0 unspecified atom stereocenters. The van der Waals surface area contributed by atoms with Crippen molar-refractivity contribution >= 4 is 23.2 Å². The summed E-state index contributed by atoms with van der Waals surface area (Å²) in [5, 5.41) is 18.8. The van der Waals surface area contributed by atoms with Crippen LogP contribution in [0.5, 0.6) is 0 Å². The van der Waals surface area contributed by atoms with E-state index in [-0.39, 0.29) is 18.7 Å². The molecule has 0 aliphatic carbocycles. The molecule has 0 bridgehead atoms. The molecule has 6 heteroatoms. The molecule has 2 rings (SSSR count). The van der Waals surface area contributed by atoms with Gasteiger partial charge >= 0.3 is 0 Å². The Morgan fingerprint density at radius 1 is 1.20 bits per heavy atom. The van der Waals surface area contributed by atoms with Crippen LogP contribution in [-0.4, -0.2) is 16.3 Å². The van der Waals surface area contributed by atoms with Gasteiger partial charge in [-0.25, -0.2) is 0 Å². The highest BCUT2D eigenvalue weighted by Crippen LogP contribution is 2.28. The lowest BCUT2D eigenvalue weighted by atomic mass is 10.1. The van der Waals surface area contributed by atoms with E-state index < -0.39 is 5.56 Å². The van der Waals surface area contributed by atoms with Crippen LogP contribution in [0.2, 0.25) is 10.0 Å². The van der Waals surface area contributed by atoms with Crippen LogP contribution in [0.4, 0.5) is 0 Å². The van der Waals surface area contributed by atoms with Crippen molar-refractivity contribution in [2.75, 3.05) is 6.61 Å². The number of nitriles is 1. The van der Waals surface area contributed by atoms with Gasteiger partial charge in [-0.2, -0.15) is 5.26 Å². The van der Waals surface area contributed by atoms with E-state index in [9.17, 15) is 4.79 Å². The van der Waals surface area contributed by atoms with Crippen molar-refractivity contribution in [1.82, 2.24) is 4.57 Å². The van der Waals surface area contributed by atoms with Crippen molar-refractivity contribution in [1.29, 1.82) is 5.26 Å². The molecule has 20 heavy (non-hydrogen) atoms. The Bertz CT molecular complexity index is 748. The van der Waals surface area contributed by atoms with Gasteiger partial charge in [-0.15, -0.1) is 0 Å². The first-order chi connectivity index (χ1) is 9.58. The standard InChI is InChI=1S/C14H10Cl2N2O2/c15-11-3-1-9(7-12(11)16)13-4-2-10(8-17)14(20)18(13)5-6-19/h1-4,7,19H,5-6H2. The molecule has 0 atom stereocenters. The minimum absolute atomic E-state index is 0.0299. The maximum absolute atomic E-state index is 12.1. The number of aromatic nitrogens is 1. The zero-order valence-electron chi connectivity index (χ0n) is 10.3. The normalized spacial score (nSPS) is 10.3. The molecule has 1 aromatic heterocycles. The predicted molar refractivity (Wildman–Crippen MR) is 78.0 cm³/mol. The maximum Gasteiger partial charge on any atom is 0.269 e. The fourth-order valence-corrected chi connectivity index (χ4v) is 2.19. The summed E-state index contributed by atoms with van der Waals surface area (Å²) >= 11 is 11.8. The molecule has 0 aliphatic heterocycles. The molecule has 102 valence electrons. The van der Waals surface area contributed by atoms with Crippen LogP contribution >= 0.6 is 23.2 Å². The minimum atomic E-state index is -0.440. The van der Waals surface area contributed by atoms with Crippen LogP contribution in [0.1, 0.15) is 5.56 Å². The molecule has 0 aliphatic rings. The van der Waals surface area contributed by atoms with E-state index in [0.717, 1.165) is 0 Å². The second kappa shape index (κ2) is 6.10. The molecule has 0 amide bonds. The van der Waals surface area contributed by atoms with Crippen LogP contribution < -0.4 is 5.56 Å². The summed E-state index contributed by atoms with van der Waals surface area (Å²) in [6.07, 6.45) is 0. The van der Waals surface area contributed by atoms with Gasteiger partial charge in [0.05, 0.1) is 22.3 Å². The van der Waals surface area contributed by atoms with E-state index in [1.807, 2.05) is 6.07 Å². The number of rotatable bonds is 3. The molecule has 0 saturated carbocycles. The first kappa shape index (κ1) is 14.6. The minimum Gasteiger partial charge on any atom is -0.395 e. The van der Waals surface area contributed by atoms with Gasteiger partial charge in [0.1, 0.15) is 11.6 Å². The van der Waals surface area contributed by atoms with Crippen molar-refractivity contribution in [3.63, 3.8) is 0 Å². The SMILES string of the molecule is N#Cc1ccc(-c2ccc(Cl)c(Cl)c2)n(CCO)c1=O. The Balaban J connectivity index is 2.67. The highest BCUT2D eigenvalue weighted by molar-refractivity contribution is 6.42. The van der Waals surface area contributed by atoms with Gasteiger partial charge in [-0.05, 0) is 29.8 Å². The second-order valence-corrected chi connectivity index (χ2v) is 4.87. The molecule has 1 N–H and O–H groups in total. The first-order valence-corrected chi connectivity index (χ1v) is 6.54. The average molecular weight is 309 g/mol. The van der Waals surface area contributed by atoms with Gasteiger partial charge < -0.3 is 9.67 Å². The average Bonchev–Trinajstić information content (AvgIpc) is 2.44. The van der Waals surface area contributed by atoms with Crippen molar-refractivity contribution in [2.24, 2.45) is 0 Å². The molecule has 2 aromatic rings. The molecular weight excluding hydrogens is 299 g/mol. The third-order valence-electron chi connectivity index (χ3n) is 2.83. The highest BCUT2D eigenvalue weighted by Gasteiger charge is 2.11. The zero-order valence-corrected chi connectivity index (χ0v) is 11.8. The van der Waals surface area contributed by atoms with Crippen LogP contribution in [0.3, 0.4) is 0 Å². The smallest absolute Gasteiger partial charge is 0.269 e. The van der Waals surface area contributed by atoms with E-state index in [1.54, 1.807) is 24.3 Å². The maximum atomic E-state index is 12.1. The Hall–Kier alpha value is -1.80. The molecule has 1 heterocycles. The van der Waals surface area contributed by atoms with E-state index in [4.69, 9.17) is 33.6 Å². The van der Waals surface area contributed by atoms with Crippen molar-refractivity contribution in [2.45, 2.75) is 6.54 Å². The predicted octanol–water partition coefficient (Wildman–Crippen LogP) is 2.69. The third-order valence-corrected chi connectivity index (χ3v) is 3.57. The summed E-state index contributed by atoms with van der Waals surface area (Å²) in [5.74, 6) is 0. The Labute approximate surface area is 125 Å². The Morgan fingerprint density at radius 2 is 1.95 bits per heavy atom. The van der Waals surface area contributed by atoms with Crippen molar-refractivity contribution in [3.8, 4) is 17.3 Å². The molecule has 0 fully saturated rings. The molecule has 0 saturated heterocycles. The monoisotopic (exact) mass is 308 g/mol. The number of benzene rings is 1. The third kappa shape index (κ3) is 2.70. The summed E-state index contributed by atoms with van der Waals surface area (Å²) in [4.78, 5) is 12.1. The molecule has 1 aromatic carbocycles. The van der Waals surface area contributed by atoms with Gasteiger partial charge in [0.25, 0.3) is 5.56 Å². The van der Waals surface area contributed by atoms with Crippen LogP contribution in [0.15, 0.2) is 35.1 Å². The largest absolute Gasteiger partial charge is 0.395 e.